The van der Waals surface area contributed by atoms with Crippen molar-refractivity contribution in [1.82, 2.24) is 19.9 Å². The fraction of sp³-hybridized carbons (Fsp3) is 0.471. The monoisotopic (exact) mass is 312 g/mol. The number of hydrogen-bond acceptors (Lipinski definition) is 4. The third-order valence-electron chi connectivity index (χ3n) is 4.65. The van der Waals surface area contributed by atoms with Gasteiger partial charge in [0.1, 0.15) is 11.4 Å². The summed E-state index contributed by atoms with van der Waals surface area (Å²) in [5, 5.41) is 8.46. The summed E-state index contributed by atoms with van der Waals surface area (Å²) >= 11 is 0. The molecule has 0 bridgehead atoms. The third-order valence-corrected chi connectivity index (χ3v) is 4.65. The highest BCUT2D eigenvalue weighted by molar-refractivity contribution is 5.77. The highest BCUT2D eigenvalue weighted by atomic mass is 16.5. The predicted octanol–water partition coefficient (Wildman–Crippen LogP) is 2.14. The van der Waals surface area contributed by atoms with Gasteiger partial charge in [-0.25, -0.2) is 4.68 Å². The first-order valence-corrected chi connectivity index (χ1v) is 8.07. The van der Waals surface area contributed by atoms with Crippen LogP contribution in [0.3, 0.4) is 0 Å². The van der Waals surface area contributed by atoms with Crippen LogP contribution < -0.4 is 4.74 Å². The molecule has 0 atom stereocenters. The molecule has 2 fully saturated rings. The molecule has 1 aromatic carbocycles. The Morgan fingerprint density at radius 2 is 2.00 bits per heavy atom. The van der Waals surface area contributed by atoms with Crippen molar-refractivity contribution in [3.8, 4) is 17.0 Å². The highest BCUT2D eigenvalue weighted by Gasteiger charge is 2.35. The van der Waals surface area contributed by atoms with E-state index in [0.29, 0.717) is 11.8 Å². The summed E-state index contributed by atoms with van der Waals surface area (Å²) in [6, 6.07) is 8.02. The molecule has 0 radical (unpaired) electrons. The van der Waals surface area contributed by atoms with Crippen molar-refractivity contribution < 1.29 is 9.53 Å². The van der Waals surface area contributed by atoms with Crippen molar-refractivity contribution in [1.29, 1.82) is 0 Å². The number of likely N-dealkylation sites (tertiary alicyclic amines) is 1. The molecule has 6 heteroatoms. The van der Waals surface area contributed by atoms with Gasteiger partial charge < -0.3 is 9.64 Å². The number of benzene rings is 1. The lowest BCUT2D eigenvalue weighted by Crippen LogP contribution is -2.51. The predicted molar refractivity (Wildman–Crippen MR) is 85.0 cm³/mol. The van der Waals surface area contributed by atoms with Gasteiger partial charge in [0, 0.05) is 25.1 Å². The number of methoxy groups -OCH3 is 1. The van der Waals surface area contributed by atoms with Crippen LogP contribution in [-0.4, -0.2) is 46.0 Å². The van der Waals surface area contributed by atoms with Gasteiger partial charge >= 0.3 is 0 Å². The van der Waals surface area contributed by atoms with Crippen molar-refractivity contribution in [2.45, 2.75) is 25.3 Å². The summed E-state index contributed by atoms with van der Waals surface area (Å²) in [4.78, 5) is 13.9. The molecule has 23 heavy (non-hydrogen) atoms. The number of amides is 1. The van der Waals surface area contributed by atoms with Gasteiger partial charge in [-0.3, -0.25) is 4.79 Å². The lowest BCUT2D eigenvalue weighted by molar-refractivity contribution is -0.137. The van der Waals surface area contributed by atoms with Gasteiger partial charge in [0.2, 0.25) is 5.91 Å². The summed E-state index contributed by atoms with van der Waals surface area (Å²) < 4.78 is 7.04. The Morgan fingerprint density at radius 3 is 2.65 bits per heavy atom. The molecule has 2 aromatic rings. The van der Waals surface area contributed by atoms with Crippen molar-refractivity contribution in [3.63, 3.8) is 0 Å². The summed E-state index contributed by atoms with van der Waals surface area (Å²) in [5.41, 5.74) is 1.86. The first-order valence-electron chi connectivity index (χ1n) is 8.07. The van der Waals surface area contributed by atoms with E-state index in [1.165, 1.54) is 12.8 Å². The van der Waals surface area contributed by atoms with Gasteiger partial charge in [0.15, 0.2) is 0 Å². The number of ether oxygens (including phenoxy) is 1. The Hall–Kier alpha value is -2.37. The largest absolute Gasteiger partial charge is 0.497 e. The molecule has 1 aliphatic carbocycles. The zero-order valence-electron chi connectivity index (χ0n) is 13.2. The molecule has 1 saturated carbocycles. The van der Waals surface area contributed by atoms with E-state index in [-0.39, 0.29) is 6.04 Å². The molecule has 1 aliphatic heterocycles. The fourth-order valence-electron chi connectivity index (χ4n) is 2.87. The van der Waals surface area contributed by atoms with E-state index >= 15 is 0 Å². The first-order chi connectivity index (χ1) is 11.2. The number of carbonyl (C=O) groups excluding carboxylic acids is 1. The number of nitrogens with zero attached hydrogens (tertiary/aromatic N) is 4. The highest BCUT2D eigenvalue weighted by Crippen LogP contribution is 2.34. The van der Waals surface area contributed by atoms with Crippen LogP contribution in [0.15, 0.2) is 30.5 Å². The zero-order chi connectivity index (χ0) is 15.8. The van der Waals surface area contributed by atoms with Crippen LogP contribution in [0, 0.1) is 5.92 Å². The number of hydrogen-bond donors (Lipinski definition) is 0. The molecule has 1 amide bonds. The van der Waals surface area contributed by atoms with E-state index in [2.05, 4.69) is 10.3 Å². The van der Waals surface area contributed by atoms with Crippen LogP contribution in [0.5, 0.6) is 5.75 Å². The molecule has 2 heterocycles. The number of aromatic nitrogens is 3. The SMILES string of the molecule is COc1ccc(-c2cn(C3CN(C(=O)CC4CC4)C3)nn2)cc1. The fourth-order valence-corrected chi connectivity index (χ4v) is 2.87. The van der Waals surface area contributed by atoms with Crippen molar-refractivity contribution in [3.05, 3.63) is 30.5 Å². The quantitative estimate of drug-likeness (QED) is 0.848. The number of rotatable bonds is 5. The van der Waals surface area contributed by atoms with E-state index in [0.717, 1.165) is 36.5 Å². The summed E-state index contributed by atoms with van der Waals surface area (Å²) in [5.74, 6) is 1.76. The van der Waals surface area contributed by atoms with Gasteiger partial charge in [-0.15, -0.1) is 5.10 Å². The maximum atomic E-state index is 12.0. The topological polar surface area (TPSA) is 60.2 Å². The molecule has 0 N–H and O–H groups in total. The summed E-state index contributed by atoms with van der Waals surface area (Å²) in [6.45, 7) is 1.49. The maximum absolute atomic E-state index is 12.0. The smallest absolute Gasteiger partial charge is 0.222 e. The zero-order valence-corrected chi connectivity index (χ0v) is 13.2. The molecule has 0 unspecified atom stereocenters. The van der Waals surface area contributed by atoms with E-state index < -0.39 is 0 Å². The minimum Gasteiger partial charge on any atom is -0.497 e. The average Bonchev–Trinajstić information content (AvgIpc) is 3.20. The second-order valence-electron chi connectivity index (χ2n) is 6.41. The van der Waals surface area contributed by atoms with E-state index in [9.17, 15) is 4.79 Å². The molecule has 6 nitrogen and oxygen atoms in total. The van der Waals surface area contributed by atoms with Crippen LogP contribution in [0.2, 0.25) is 0 Å². The van der Waals surface area contributed by atoms with Crippen LogP contribution in [-0.2, 0) is 4.79 Å². The van der Waals surface area contributed by atoms with Crippen LogP contribution in [0.25, 0.3) is 11.3 Å². The van der Waals surface area contributed by atoms with Gasteiger partial charge in [-0.1, -0.05) is 5.21 Å². The second-order valence-corrected chi connectivity index (χ2v) is 6.41. The standard InChI is InChI=1S/C17H20N4O2/c1-23-15-6-4-13(5-7-15)16-11-21(19-18-16)14-9-20(10-14)17(22)8-12-2-3-12/h4-7,11-12,14H,2-3,8-10H2,1H3. The van der Waals surface area contributed by atoms with E-state index in [1.54, 1.807) is 7.11 Å². The molecule has 4 rings (SSSR count). The Kier molecular flexibility index (Phi) is 3.52. The molecule has 2 aliphatic rings. The van der Waals surface area contributed by atoms with E-state index in [4.69, 9.17) is 4.74 Å². The molecule has 120 valence electrons. The molecule has 1 aromatic heterocycles. The van der Waals surface area contributed by atoms with Crippen LogP contribution in [0.1, 0.15) is 25.3 Å². The molecule has 1 saturated heterocycles. The lowest BCUT2D eigenvalue weighted by atomic mass is 10.1. The summed E-state index contributed by atoms with van der Waals surface area (Å²) in [7, 11) is 1.65. The van der Waals surface area contributed by atoms with Gasteiger partial charge in [-0.05, 0) is 43.0 Å². The summed E-state index contributed by atoms with van der Waals surface area (Å²) in [6.07, 6.45) is 5.12. The van der Waals surface area contributed by atoms with Crippen LogP contribution >= 0.6 is 0 Å². The molecular formula is C17H20N4O2. The minimum absolute atomic E-state index is 0.248. The first kappa shape index (κ1) is 14.2. The Morgan fingerprint density at radius 1 is 1.26 bits per heavy atom. The van der Waals surface area contributed by atoms with Gasteiger partial charge in [0.25, 0.3) is 0 Å². The maximum Gasteiger partial charge on any atom is 0.222 e. The number of carbonyl (C=O) groups is 1. The van der Waals surface area contributed by atoms with Gasteiger partial charge in [-0.2, -0.15) is 0 Å². The van der Waals surface area contributed by atoms with Gasteiger partial charge in [0.05, 0.1) is 19.3 Å². The van der Waals surface area contributed by atoms with Crippen LogP contribution in [0.4, 0.5) is 0 Å². The molecular weight excluding hydrogens is 292 g/mol. The Labute approximate surface area is 135 Å². The lowest BCUT2D eigenvalue weighted by Gasteiger charge is -2.39. The van der Waals surface area contributed by atoms with Crippen molar-refractivity contribution in [2.75, 3.05) is 20.2 Å². The third kappa shape index (κ3) is 2.93. The molecule has 0 spiro atoms. The Bertz CT molecular complexity index is 700. The normalized spacial score (nSPS) is 17.9. The Balaban J connectivity index is 1.37. The average molecular weight is 312 g/mol. The van der Waals surface area contributed by atoms with Crippen molar-refractivity contribution in [2.24, 2.45) is 5.92 Å². The second kappa shape index (κ2) is 5.68. The van der Waals surface area contributed by atoms with E-state index in [1.807, 2.05) is 40.0 Å². The minimum atomic E-state index is 0.248. The van der Waals surface area contributed by atoms with Crippen molar-refractivity contribution >= 4 is 5.91 Å².